The summed E-state index contributed by atoms with van der Waals surface area (Å²) in [6, 6.07) is 7.95. The van der Waals surface area contributed by atoms with Crippen LogP contribution in [0.3, 0.4) is 0 Å². The number of fused-ring (bicyclic) bond motifs is 1. The van der Waals surface area contributed by atoms with Gasteiger partial charge in [-0.05, 0) is 71.9 Å². The molecule has 38 heavy (non-hydrogen) atoms. The molecule has 0 unspecified atom stereocenters. The fourth-order valence-electron chi connectivity index (χ4n) is 4.14. The number of imide groups is 1. The molecule has 1 aliphatic rings. The molecule has 3 heterocycles. The third kappa shape index (κ3) is 5.44. The van der Waals surface area contributed by atoms with Crippen LogP contribution in [0, 0.1) is 11.6 Å². The molecule has 4 rings (SSSR count). The van der Waals surface area contributed by atoms with E-state index in [1.807, 2.05) is 0 Å². The maximum absolute atomic E-state index is 14.5. The Bertz CT molecular complexity index is 1410. The lowest BCUT2D eigenvalue weighted by atomic mass is 10.1. The van der Waals surface area contributed by atoms with Crippen molar-refractivity contribution in [1.82, 2.24) is 14.5 Å². The van der Waals surface area contributed by atoms with Crippen LogP contribution in [0.2, 0.25) is 0 Å². The zero-order valence-corrected chi connectivity index (χ0v) is 22.1. The molecule has 2 aromatic heterocycles. The number of carbonyl (C=O) groups is 3. The summed E-state index contributed by atoms with van der Waals surface area (Å²) in [5.41, 5.74) is -0.851. The van der Waals surface area contributed by atoms with Crippen molar-refractivity contribution in [3.05, 3.63) is 65.5 Å². The Balaban J connectivity index is 1.84. The van der Waals surface area contributed by atoms with Crippen LogP contribution < -0.4 is 0 Å². The molecule has 1 aromatic carbocycles. The van der Waals surface area contributed by atoms with E-state index in [0.717, 1.165) is 17.0 Å². The second-order valence-electron chi connectivity index (χ2n) is 10.9. The fourth-order valence-corrected chi connectivity index (χ4v) is 4.14. The van der Waals surface area contributed by atoms with Crippen LogP contribution in [-0.4, -0.2) is 50.3 Å². The third-order valence-corrected chi connectivity index (χ3v) is 5.62. The summed E-state index contributed by atoms with van der Waals surface area (Å²) in [5.74, 6) is -2.21. The summed E-state index contributed by atoms with van der Waals surface area (Å²) >= 11 is 0. The van der Waals surface area contributed by atoms with Crippen LogP contribution >= 0.6 is 0 Å². The van der Waals surface area contributed by atoms with Crippen molar-refractivity contribution in [2.24, 2.45) is 0 Å². The van der Waals surface area contributed by atoms with E-state index in [9.17, 15) is 23.2 Å². The van der Waals surface area contributed by atoms with Crippen molar-refractivity contribution in [2.45, 2.75) is 59.2 Å². The van der Waals surface area contributed by atoms with Gasteiger partial charge in [-0.1, -0.05) is 6.07 Å². The topological polar surface area (TPSA) is 90.7 Å². The Morgan fingerprint density at radius 3 is 2.13 bits per heavy atom. The SMILES string of the molecule is CC(C)(C)OC(=O)N1CCc2c(cc(-c3ccnc(-c4c(F)cccc4F)c3)n2C(=O)OC(C)(C)C)C1=O. The number of nitrogens with zero attached hydrogens (tertiary/aromatic N) is 3. The molecule has 2 amide bonds. The van der Waals surface area contributed by atoms with E-state index in [1.165, 1.54) is 29.0 Å². The van der Waals surface area contributed by atoms with Crippen molar-refractivity contribution in [3.8, 4) is 22.5 Å². The van der Waals surface area contributed by atoms with Crippen molar-refractivity contribution in [1.29, 1.82) is 0 Å². The highest BCUT2D eigenvalue weighted by molar-refractivity contribution is 6.06. The van der Waals surface area contributed by atoms with Gasteiger partial charge in [0, 0.05) is 30.4 Å². The molecular weight excluding hydrogens is 496 g/mol. The second-order valence-corrected chi connectivity index (χ2v) is 10.9. The average molecular weight is 526 g/mol. The molecule has 0 spiro atoms. The van der Waals surface area contributed by atoms with E-state index in [0.29, 0.717) is 11.3 Å². The first-order valence-electron chi connectivity index (χ1n) is 12.1. The molecule has 0 atom stereocenters. The largest absolute Gasteiger partial charge is 0.443 e. The Kier molecular flexibility index (Phi) is 6.86. The monoisotopic (exact) mass is 525 g/mol. The number of hydrogen-bond donors (Lipinski definition) is 0. The molecule has 0 aliphatic carbocycles. The van der Waals surface area contributed by atoms with Gasteiger partial charge in [-0.3, -0.25) is 9.78 Å². The van der Waals surface area contributed by atoms with Gasteiger partial charge >= 0.3 is 12.2 Å². The Morgan fingerprint density at radius 2 is 1.53 bits per heavy atom. The predicted molar refractivity (Wildman–Crippen MR) is 136 cm³/mol. The maximum atomic E-state index is 14.5. The lowest BCUT2D eigenvalue weighted by Gasteiger charge is -2.29. The van der Waals surface area contributed by atoms with Crippen LogP contribution in [0.5, 0.6) is 0 Å². The summed E-state index contributed by atoms with van der Waals surface area (Å²) < 4.78 is 41.2. The Morgan fingerprint density at radius 1 is 0.921 bits per heavy atom. The standard InChI is InChI=1S/C28H29F2N3O5/c1-27(2,3)37-25(35)32-13-11-21-17(24(32)34)15-22(33(21)26(36)38-28(4,5)6)16-10-12-31-20(14-16)23-18(29)8-7-9-19(23)30/h7-10,12,14-15H,11,13H2,1-6H3. The summed E-state index contributed by atoms with van der Waals surface area (Å²) in [4.78, 5) is 44.5. The first-order valence-corrected chi connectivity index (χ1v) is 12.1. The zero-order chi connectivity index (χ0) is 28.0. The molecule has 0 saturated heterocycles. The highest BCUT2D eigenvalue weighted by atomic mass is 19.1. The third-order valence-electron chi connectivity index (χ3n) is 5.62. The van der Waals surface area contributed by atoms with Gasteiger partial charge in [-0.25, -0.2) is 27.8 Å². The van der Waals surface area contributed by atoms with Gasteiger partial charge in [-0.2, -0.15) is 0 Å². The molecule has 3 aromatic rings. The van der Waals surface area contributed by atoms with Crippen LogP contribution in [-0.2, 0) is 15.9 Å². The molecule has 1 aliphatic heterocycles. The van der Waals surface area contributed by atoms with E-state index < -0.39 is 40.9 Å². The molecule has 0 radical (unpaired) electrons. The number of aromatic nitrogens is 2. The summed E-state index contributed by atoms with van der Waals surface area (Å²) in [7, 11) is 0. The molecule has 0 N–H and O–H groups in total. The number of ether oxygens (including phenoxy) is 2. The minimum Gasteiger partial charge on any atom is -0.443 e. The van der Waals surface area contributed by atoms with E-state index in [2.05, 4.69) is 4.98 Å². The predicted octanol–water partition coefficient (Wildman–Crippen LogP) is 6.21. The molecule has 0 fully saturated rings. The van der Waals surface area contributed by atoms with Crippen LogP contribution in [0.15, 0.2) is 42.6 Å². The first-order chi connectivity index (χ1) is 17.7. The van der Waals surface area contributed by atoms with Crippen LogP contribution in [0.25, 0.3) is 22.5 Å². The molecular formula is C28H29F2N3O5. The summed E-state index contributed by atoms with van der Waals surface area (Å²) in [6.45, 7) is 10.2. The van der Waals surface area contributed by atoms with E-state index >= 15 is 0 Å². The van der Waals surface area contributed by atoms with Crippen molar-refractivity contribution >= 4 is 18.1 Å². The van der Waals surface area contributed by atoms with Gasteiger partial charge in [0.05, 0.1) is 22.5 Å². The number of halogens is 2. The molecule has 8 nitrogen and oxygen atoms in total. The number of pyridine rings is 1. The number of benzene rings is 1. The van der Waals surface area contributed by atoms with Gasteiger partial charge in [-0.15, -0.1) is 0 Å². The number of hydrogen-bond acceptors (Lipinski definition) is 6. The lowest BCUT2D eigenvalue weighted by Crippen LogP contribution is -2.45. The highest BCUT2D eigenvalue weighted by Crippen LogP contribution is 2.34. The van der Waals surface area contributed by atoms with E-state index in [-0.39, 0.29) is 35.5 Å². The number of amides is 2. The highest BCUT2D eigenvalue weighted by Gasteiger charge is 2.37. The van der Waals surface area contributed by atoms with E-state index in [4.69, 9.17) is 9.47 Å². The van der Waals surface area contributed by atoms with Crippen molar-refractivity contribution < 1.29 is 32.6 Å². The van der Waals surface area contributed by atoms with Gasteiger partial charge in [0.1, 0.15) is 22.8 Å². The van der Waals surface area contributed by atoms with Gasteiger partial charge in [0.15, 0.2) is 0 Å². The minimum absolute atomic E-state index is 0.00493. The quantitative estimate of drug-likeness (QED) is 0.395. The molecule has 10 heteroatoms. The maximum Gasteiger partial charge on any atom is 0.419 e. The number of rotatable bonds is 2. The van der Waals surface area contributed by atoms with E-state index in [1.54, 1.807) is 47.6 Å². The smallest absolute Gasteiger partial charge is 0.419 e. The second kappa shape index (κ2) is 9.66. The number of carbonyl (C=O) groups excluding carboxylic acids is 3. The van der Waals surface area contributed by atoms with Gasteiger partial charge in [0.25, 0.3) is 5.91 Å². The lowest BCUT2D eigenvalue weighted by molar-refractivity contribution is 0.0232. The van der Waals surface area contributed by atoms with Crippen LogP contribution in [0.1, 0.15) is 57.6 Å². The Labute approximate surface area is 219 Å². The molecule has 0 saturated carbocycles. The molecule has 200 valence electrons. The first kappa shape index (κ1) is 27.0. The van der Waals surface area contributed by atoms with Crippen molar-refractivity contribution in [3.63, 3.8) is 0 Å². The van der Waals surface area contributed by atoms with Gasteiger partial charge in [0.2, 0.25) is 0 Å². The normalized spacial score (nSPS) is 13.8. The minimum atomic E-state index is -0.841. The average Bonchev–Trinajstić information content (AvgIpc) is 3.18. The molecule has 0 bridgehead atoms. The fraction of sp³-hybridized carbons (Fsp3) is 0.357. The van der Waals surface area contributed by atoms with Crippen molar-refractivity contribution in [2.75, 3.05) is 6.54 Å². The zero-order valence-electron chi connectivity index (χ0n) is 22.1. The van der Waals surface area contributed by atoms with Gasteiger partial charge < -0.3 is 9.47 Å². The van der Waals surface area contributed by atoms with Crippen LogP contribution in [0.4, 0.5) is 18.4 Å². The Hall–Kier alpha value is -4.08. The summed E-state index contributed by atoms with van der Waals surface area (Å²) in [5, 5.41) is 0. The summed E-state index contributed by atoms with van der Waals surface area (Å²) in [6.07, 6.45) is -0.000364.